The lowest BCUT2D eigenvalue weighted by Crippen LogP contribution is -2.38. The fourth-order valence-corrected chi connectivity index (χ4v) is 4.48. The molecule has 0 radical (unpaired) electrons. The number of thiophene rings is 1. The summed E-state index contributed by atoms with van der Waals surface area (Å²) in [6.07, 6.45) is 3.61. The summed E-state index contributed by atoms with van der Waals surface area (Å²) in [5, 5.41) is 4.29. The smallest absolute Gasteiger partial charge is 0.227 e. The van der Waals surface area contributed by atoms with E-state index in [4.69, 9.17) is 0 Å². The van der Waals surface area contributed by atoms with Gasteiger partial charge in [0.2, 0.25) is 5.91 Å². The maximum atomic E-state index is 12.6. The largest absolute Gasteiger partial charge is 0.356 e. The van der Waals surface area contributed by atoms with Crippen LogP contribution >= 0.6 is 11.3 Å². The second-order valence-corrected chi connectivity index (χ2v) is 8.31. The molecule has 5 heteroatoms. The summed E-state index contributed by atoms with van der Waals surface area (Å²) in [5.74, 6) is 1.26. The third kappa shape index (κ3) is 3.44. The van der Waals surface area contributed by atoms with Gasteiger partial charge in [-0.1, -0.05) is 17.7 Å². The molecule has 1 aliphatic rings. The highest BCUT2D eigenvalue weighted by Gasteiger charge is 2.26. The van der Waals surface area contributed by atoms with Crippen LogP contribution in [0.15, 0.2) is 42.6 Å². The number of carbonyl (C=O) groups is 1. The van der Waals surface area contributed by atoms with E-state index >= 15 is 0 Å². The molecule has 0 aliphatic carbocycles. The number of piperidine rings is 1. The summed E-state index contributed by atoms with van der Waals surface area (Å²) in [4.78, 5) is 20.8. The first-order valence-electron chi connectivity index (χ1n) is 9.08. The highest BCUT2D eigenvalue weighted by molar-refractivity contribution is 7.19. The zero-order valence-electron chi connectivity index (χ0n) is 15.2. The Hall–Kier alpha value is -2.40. The Morgan fingerprint density at radius 1 is 1.15 bits per heavy atom. The van der Waals surface area contributed by atoms with Crippen molar-refractivity contribution in [3.63, 3.8) is 0 Å². The number of nitrogens with one attached hydrogen (secondary N) is 1. The van der Waals surface area contributed by atoms with Crippen LogP contribution in [-0.4, -0.2) is 24.0 Å². The van der Waals surface area contributed by atoms with Crippen LogP contribution in [0.2, 0.25) is 0 Å². The van der Waals surface area contributed by atoms with Gasteiger partial charge in [0.25, 0.3) is 0 Å². The highest BCUT2D eigenvalue weighted by atomic mass is 32.1. The van der Waals surface area contributed by atoms with Crippen molar-refractivity contribution in [3.8, 4) is 0 Å². The van der Waals surface area contributed by atoms with Gasteiger partial charge < -0.3 is 10.2 Å². The summed E-state index contributed by atoms with van der Waals surface area (Å²) < 4.78 is 1.28. The maximum Gasteiger partial charge on any atom is 0.227 e. The third-order valence-corrected chi connectivity index (χ3v) is 6.05. The van der Waals surface area contributed by atoms with Crippen molar-refractivity contribution < 1.29 is 4.79 Å². The van der Waals surface area contributed by atoms with Crippen molar-refractivity contribution in [2.75, 3.05) is 23.3 Å². The number of pyridine rings is 1. The molecule has 0 saturated carbocycles. The molecule has 134 valence electrons. The number of carbonyl (C=O) groups excluding carboxylic acids is 1. The minimum atomic E-state index is 0.0657. The van der Waals surface area contributed by atoms with Gasteiger partial charge >= 0.3 is 0 Å². The average molecular weight is 366 g/mol. The van der Waals surface area contributed by atoms with Crippen molar-refractivity contribution in [1.82, 2.24) is 4.98 Å². The quantitative estimate of drug-likeness (QED) is 0.727. The number of aryl methyl sites for hydroxylation is 2. The van der Waals surface area contributed by atoms with Crippen LogP contribution < -0.4 is 10.2 Å². The Balaban J connectivity index is 1.42. The normalized spacial score (nSPS) is 15.4. The molecular weight excluding hydrogens is 342 g/mol. The van der Waals surface area contributed by atoms with Gasteiger partial charge in [0.15, 0.2) is 0 Å². The summed E-state index contributed by atoms with van der Waals surface area (Å²) >= 11 is 1.81. The van der Waals surface area contributed by atoms with E-state index in [0.29, 0.717) is 0 Å². The predicted molar refractivity (Wildman–Crippen MR) is 109 cm³/mol. The Morgan fingerprint density at radius 2 is 1.88 bits per heavy atom. The Labute approximate surface area is 157 Å². The number of nitrogens with zero attached hydrogens (tertiary/aromatic N) is 2. The second-order valence-electron chi connectivity index (χ2n) is 7.02. The summed E-state index contributed by atoms with van der Waals surface area (Å²) in [6.45, 7) is 5.92. The minimum absolute atomic E-state index is 0.0657. The van der Waals surface area contributed by atoms with Gasteiger partial charge in [-0.15, -0.1) is 11.3 Å². The molecule has 3 aromatic rings. The molecule has 1 N–H and O–H groups in total. The summed E-state index contributed by atoms with van der Waals surface area (Å²) in [5.41, 5.74) is 2.07. The van der Waals surface area contributed by atoms with Gasteiger partial charge in [0.1, 0.15) is 5.82 Å². The number of hydrogen-bond donors (Lipinski definition) is 1. The maximum absolute atomic E-state index is 12.6. The van der Waals surface area contributed by atoms with E-state index in [1.54, 1.807) is 0 Å². The van der Waals surface area contributed by atoms with Gasteiger partial charge in [0.05, 0.1) is 0 Å². The SMILES string of the molecule is Cc1ccc(NC(=O)C2CCN(c3nccc4sc(C)cc34)CC2)cc1. The first-order chi connectivity index (χ1) is 12.6. The van der Waals surface area contributed by atoms with Crippen LogP contribution in [0.25, 0.3) is 10.1 Å². The molecule has 1 aliphatic heterocycles. The number of aromatic nitrogens is 1. The van der Waals surface area contributed by atoms with E-state index in [0.717, 1.165) is 37.4 Å². The standard InChI is InChI=1S/C21H23N3OS/c1-14-3-5-17(6-4-14)23-21(25)16-8-11-24(12-9-16)20-18-13-15(2)26-19(18)7-10-22-20/h3-7,10,13,16H,8-9,11-12H2,1-2H3,(H,23,25). The number of benzene rings is 1. The van der Waals surface area contributed by atoms with Crippen LogP contribution in [-0.2, 0) is 4.79 Å². The van der Waals surface area contributed by atoms with Crippen LogP contribution in [0, 0.1) is 19.8 Å². The number of rotatable bonds is 3. The van der Waals surface area contributed by atoms with Crippen molar-refractivity contribution in [2.24, 2.45) is 5.92 Å². The highest BCUT2D eigenvalue weighted by Crippen LogP contribution is 2.33. The molecule has 0 unspecified atom stereocenters. The second kappa shape index (κ2) is 7.08. The Morgan fingerprint density at radius 3 is 2.62 bits per heavy atom. The number of fused-ring (bicyclic) bond motifs is 1. The van der Waals surface area contributed by atoms with Crippen LogP contribution in [0.3, 0.4) is 0 Å². The topological polar surface area (TPSA) is 45.2 Å². The minimum Gasteiger partial charge on any atom is -0.356 e. The fourth-order valence-electron chi connectivity index (χ4n) is 3.56. The summed E-state index contributed by atoms with van der Waals surface area (Å²) in [6, 6.07) is 12.3. The predicted octanol–water partition coefficient (Wildman–Crippen LogP) is 4.77. The van der Waals surface area contributed by atoms with E-state index < -0.39 is 0 Å². The number of anilines is 2. The molecule has 0 spiro atoms. The van der Waals surface area contributed by atoms with Crippen molar-refractivity contribution in [3.05, 3.63) is 53.0 Å². The molecule has 3 heterocycles. The lowest BCUT2D eigenvalue weighted by Gasteiger charge is -2.32. The Kier molecular flexibility index (Phi) is 4.64. The first kappa shape index (κ1) is 17.0. The van der Waals surface area contributed by atoms with E-state index in [-0.39, 0.29) is 11.8 Å². The van der Waals surface area contributed by atoms with Gasteiger partial charge in [-0.3, -0.25) is 4.79 Å². The monoisotopic (exact) mass is 365 g/mol. The molecule has 2 aromatic heterocycles. The van der Waals surface area contributed by atoms with Gasteiger partial charge in [-0.05, 0) is 51.0 Å². The van der Waals surface area contributed by atoms with Crippen LogP contribution in [0.4, 0.5) is 11.5 Å². The van der Waals surface area contributed by atoms with Crippen molar-refractivity contribution >= 4 is 38.8 Å². The number of amides is 1. The molecule has 1 fully saturated rings. The zero-order valence-corrected chi connectivity index (χ0v) is 16.0. The zero-order chi connectivity index (χ0) is 18.1. The van der Waals surface area contributed by atoms with Crippen LogP contribution in [0.5, 0.6) is 0 Å². The molecule has 1 saturated heterocycles. The van der Waals surface area contributed by atoms with Gasteiger partial charge in [-0.25, -0.2) is 4.98 Å². The molecule has 0 atom stereocenters. The fraction of sp³-hybridized carbons (Fsp3) is 0.333. The van der Waals surface area contributed by atoms with Gasteiger partial charge in [-0.2, -0.15) is 0 Å². The average Bonchev–Trinajstić information content (AvgIpc) is 3.04. The molecule has 4 rings (SSSR count). The van der Waals surface area contributed by atoms with E-state index in [2.05, 4.69) is 34.3 Å². The summed E-state index contributed by atoms with van der Waals surface area (Å²) in [7, 11) is 0. The van der Waals surface area contributed by atoms with E-state index in [9.17, 15) is 4.79 Å². The number of hydrogen-bond acceptors (Lipinski definition) is 4. The van der Waals surface area contributed by atoms with Crippen molar-refractivity contribution in [2.45, 2.75) is 26.7 Å². The van der Waals surface area contributed by atoms with Gasteiger partial charge in [0, 0.05) is 45.9 Å². The first-order valence-corrected chi connectivity index (χ1v) is 9.89. The molecule has 0 bridgehead atoms. The van der Waals surface area contributed by atoms with E-state index in [1.165, 1.54) is 20.5 Å². The molecular formula is C21H23N3OS. The molecule has 1 aromatic carbocycles. The van der Waals surface area contributed by atoms with E-state index in [1.807, 2.05) is 48.7 Å². The van der Waals surface area contributed by atoms with Crippen LogP contribution in [0.1, 0.15) is 23.3 Å². The Bertz CT molecular complexity index is 924. The lowest BCUT2D eigenvalue weighted by atomic mass is 9.95. The lowest BCUT2D eigenvalue weighted by molar-refractivity contribution is -0.120. The molecule has 26 heavy (non-hydrogen) atoms. The molecule has 4 nitrogen and oxygen atoms in total. The van der Waals surface area contributed by atoms with Crippen molar-refractivity contribution in [1.29, 1.82) is 0 Å². The molecule has 1 amide bonds. The third-order valence-electron chi connectivity index (χ3n) is 5.03.